The van der Waals surface area contributed by atoms with Crippen molar-refractivity contribution in [2.75, 3.05) is 36.5 Å². The Kier molecular flexibility index (Phi) is 9.33. The number of carboxylic acids is 2. The van der Waals surface area contributed by atoms with Crippen molar-refractivity contribution >= 4 is 56.1 Å². The molecule has 5 N–H and O–H groups in total. The van der Waals surface area contributed by atoms with Crippen molar-refractivity contribution in [1.82, 2.24) is 35.0 Å². The van der Waals surface area contributed by atoms with Gasteiger partial charge in [0, 0.05) is 47.6 Å². The minimum Gasteiger partial charge on any atom is -0.480 e. The van der Waals surface area contributed by atoms with Gasteiger partial charge in [0.1, 0.15) is 12.4 Å². The number of hydrazine groups is 1. The highest BCUT2D eigenvalue weighted by Gasteiger charge is 2.66. The number of hydrogen-bond acceptors (Lipinski definition) is 13. The quantitative estimate of drug-likeness (QED) is 0.0709. The first kappa shape index (κ1) is 38.5. The molecule has 1 aromatic carbocycles. The van der Waals surface area contributed by atoms with E-state index in [4.69, 9.17) is 30.8 Å². The average molecular weight is 807 g/mol. The van der Waals surface area contributed by atoms with E-state index < -0.39 is 11.9 Å². The van der Waals surface area contributed by atoms with E-state index in [9.17, 15) is 14.7 Å². The van der Waals surface area contributed by atoms with Gasteiger partial charge < -0.3 is 25.2 Å². The van der Waals surface area contributed by atoms with Crippen molar-refractivity contribution in [1.29, 1.82) is 0 Å². The van der Waals surface area contributed by atoms with Crippen LogP contribution in [0.1, 0.15) is 86.1 Å². The second-order valence-corrected chi connectivity index (χ2v) is 19.1. The number of para-hydroxylation sites is 1. The van der Waals surface area contributed by atoms with Gasteiger partial charge >= 0.3 is 11.9 Å². The molecule has 0 saturated heterocycles. The number of fused-ring (bicyclic) bond motifs is 2. The van der Waals surface area contributed by atoms with Crippen LogP contribution in [0.3, 0.4) is 0 Å². The lowest BCUT2D eigenvalue weighted by molar-refractivity contribution is -0.248. The maximum absolute atomic E-state index is 12.9. The van der Waals surface area contributed by atoms with Gasteiger partial charge in [0.2, 0.25) is 0 Å². The van der Waals surface area contributed by atoms with Crippen molar-refractivity contribution in [3.63, 3.8) is 0 Å². The van der Waals surface area contributed by atoms with E-state index in [2.05, 4.69) is 34.0 Å². The molecule has 1 aliphatic heterocycles. The highest BCUT2D eigenvalue weighted by atomic mass is 32.1. The van der Waals surface area contributed by atoms with Crippen LogP contribution < -0.4 is 16.1 Å². The van der Waals surface area contributed by atoms with Crippen LogP contribution in [0.15, 0.2) is 42.6 Å². The second-order valence-electron chi connectivity index (χ2n) is 18.1. The molecule has 2 atom stereocenters. The zero-order valence-electron chi connectivity index (χ0n) is 33.4. The summed E-state index contributed by atoms with van der Waals surface area (Å²) in [7, 11) is 0. The molecule has 304 valence electrons. The Morgan fingerprint density at radius 3 is 2.50 bits per heavy atom. The molecule has 0 spiro atoms. The third-order valence-electron chi connectivity index (χ3n) is 12.9. The number of aromatic nitrogens is 6. The summed E-state index contributed by atoms with van der Waals surface area (Å²) in [5.74, 6) is 5.71. The normalized spacial score (nSPS) is 26.1. The molecule has 4 aromatic heterocycles. The number of benzene rings is 1. The van der Waals surface area contributed by atoms with Gasteiger partial charge in [-0.2, -0.15) is 5.10 Å². The number of nitrogens with zero attached hydrogens (tertiary/aromatic N) is 8. The molecule has 16 heteroatoms. The van der Waals surface area contributed by atoms with E-state index >= 15 is 0 Å². The lowest BCUT2D eigenvalue weighted by atomic mass is 9.39. The molecular weight excluding hydrogens is 757 g/mol. The molecule has 4 saturated carbocycles. The largest absolute Gasteiger partial charge is 0.480 e. The number of anilines is 4. The number of ether oxygens (including phenoxy) is 1. The number of thiazole rings is 1. The van der Waals surface area contributed by atoms with Crippen LogP contribution in [-0.2, 0) is 22.5 Å². The summed E-state index contributed by atoms with van der Waals surface area (Å²) < 4.78 is 9.87. The Bertz CT molecular complexity index is 2400. The molecule has 0 radical (unpaired) electrons. The Morgan fingerprint density at radius 2 is 1.76 bits per heavy atom. The molecule has 5 heterocycles. The maximum Gasteiger partial charge on any atom is 0.355 e. The molecule has 5 aromatic rings. The average Bonchev–Trinajstić information content (AvgIpc) is 3.72. The highest BCUT2D eigenvalue weighted by molar-refractivity contribution is 7.22. The molecule has 0 amide bonds. The number of carbonyl (C=O) groups is 2. The van der Waals surface area contributed by atoms with E-state index in [1.54, 1.807) is 17.5 Å². The minimum atomic E-state index is -1.11. The molecule has 2 unspecified atom stereocenters. The van der Waals surface area contributed by atoms with Gasteiger partial charge in [-0.15, -0.1) is 10.2 Å². The Morgan fingerprint density at radius 1 is 0.983 bits per heavy atom. The summed E-state index contributed by atoms with van der Waals surface area (Å²) >= 11 is 1.56. The number of aliphatic carboxylic acids is 1. The van der Waals surface area contributed by atoms with Gasteiger partial charge in [0.25, 0.3) is 0 Å². The fourth-order valence-corrected chi connectivity index (χ4v) is 12.8. The summed E-state index contributed by atoms with van der Waals surface area (Å²) in [6.45, 7) is 10.6. The molecule has 5 aliphatic rings. The summed E-state index contributed by atoms with van der Waals surface area (Å²) in [6, 6.07) is 11.7. The summed E-state index contributed by atoms with van der Waals surface area (Å²) in [5.41, 5.74) is 4.91. The number of carboxylic acid groups (broad SMARTS) is 2. The fourth-order valence-electron chi connectivity index (χ4n) is 11.9. The smallest absolute Gasteiger partial charge is 0.355 e. The van der Waals surface area contributed by atoms with Crippen LogP contribution in [0.4, 0.5) is 22.6 Å². The van der Waals surface area contributed by atoms with Crippen LogP contribution in [0.25, 0.3) is 21.3 Å². The van der Waals surface area contributed by atoms with Crippen molar-refractivity contribution < 1.29 is 24.5 Å². The van der Waals surface area contributed by atoms with Gasteiger partial charge in [0.05, 0.1) is 28.6 Å². The predicted molar refractivity (Wildman–Crippen MR) is 221 cm³/mol. The Hall–Kier alpha value is -5.03. The molecule has 10 rings (SSSR count). The third-order valence-corrected chi connectivity index (χ3v) is 13.9. The first-order valence-electron chi connectivity index (χ1n) is 20.0. The number of nitrogens with one attached hydrogen (secondary N) is 1. The van der Waals surface area contributed by atoms with Crippen molar-refractivity contribution in [2.24, 2.45) is 22.1 Å². The lowest BCUT2D eigenvalue weighted by Crippen LogP contribution is -2.64. The Balaban J connectivity index is 0.963. The second kappa shape index (κ2) is 14.1. The SMILES string of the molecule is Cc1c(Nc2nc3ccccc3s2)nnc2c1CCCN2c1ccc(-c2cnn(CC34CC5(C)CC(C)(C3)CC(OCCN(N)CC(=O)O)(C5)C4)c2C)c(C(=O)O)n1. The van der Waals surface area contributed by atoms with E-state index in [1.807, 2.05) is 55.1 Å². The number of pyridine rings is 1. The van der Waals surface area contributed by atoms with Crippen LogP contribution in [0.2, 0.25) is 0 Å². The number of aromatic carboxylic acids is 1. The molecular formula is C42H50N10O5S. The van der Waals surface area contributed by atoms with Crippen molar-refractivity contribution in [3.05, 3.63) is 65.1 Å². The molecule has 4 aliphatic carbocycles. The topological polar surface area (TPSA) is 198 Å². The summed E-state index contributed by atoms with van der Waals surface area (Å²) in [5, 5.41) is 39.2. The zero-order chi connectivity index (χ0) is 40.6. The first-order valence-corrected chi connectivity index (χ1v) is 20.8. The van der Waals surface area contributed by atoms with Gasteiger partial charge in [-0.25, -0.2) is 19.8 Å². The number of nitrogens with two attached hydrogens (primary N) is 1. The monoisotopic (exact) mass is 806 g/mol. The highest BCUT2D eigenvalue weighted by Crippen LogP contribution is 2.72. The first-order chi connectivity index (χ1) is 27.6. The van der Waals surface area contributed by atoms with E-state index in [1.165, 1.54) is 5.01 Å². The van der Waals surface area contributed by atoms with Crippen LogP contribution >= 0.6 is 11.3 Å². The van der Waals surface area contributed by atoms with Crippen LogP contribution in [0.5, 0.6) is 0 Å². The van der Waals surface area contributed by atoms with Crippen LogP contribution in [0, 0.1) is 30.1 Å². The predicted octanol–water partition coefficient (Wildman–Crippen LogP) is 6.88. The van der Waals surface area contributed by atoms with Gasteiger partial charge in [-0.05, 0) is 106 Å². The van der Waals surface area contributed by atoms with Gasteiger partial charge in [0.15, 0.2) is 22.5 Å². The third kappa shape index (κ3) is 6.99. The number of hydrogen-bond donors (Lipinski definition) is 4. The zero-order valence-corrected chi connectivity index (χ0v) is 34.2. The number of rotatable bonds is 13. The fraction of sp³-hybridized carbons (Fsp3) is 0.500. The van der Waals surface area contributed by atoms with Crippen LogP contribution in [-0.4, -0.2) is 88.9 Å². The van der Waals surface area contributed by atoms with Gasteiger partial charge in [-0.1, -0.05) is 37.3 Å². The standard InChI is InChI=1S/C42H50N10O5S/c1-25-27-8-7-13-51(36(27)49-48-35(25)47-38-45-30-9-5-6-10-31(30)58-38)32-12-11-28(34(46-32)37(55)56)29-16-44-52(26(29)2)24-41-19-39(3)18-40(4,20-41)22-42(21-39,23-41)57-15-14-50(43)17-33(53)54/h5-6,9-12,16H,7-8,13-15,17-24,43H2,1-4H3,(H,53,54)(H,55,56)(H,45,47,48). The summed E-state index contributed by atoms with van der Waals surface area (Å²) in [4.78, 5) is 35.5. The van der Waals surface area contributed by atoms with Crippen molar-refractivity contribution in [3.8, 4) is 11.1 Å². The molecule has 4 bridgehead atoms. The van der Waals surface area contributed by atoms with Crippen molar-refractivity contribution in [2.45, 2.75) is 91.2 Å². The lowest BCUT2D eigenvalue weighted by Gasteiger charge is -2.69. The maximum atomic E-state index is 12.9. The van der Waals surface area contributed by atoms with E-state index in [0.717, 1.165) is 89.1 Å². The summed E-state index contributed by atoms with van der Waals surface area (Å²) in [6.07, 6.45) is 9.54. The molecule has 15 nitrogen and oxygen atoms in total. The molecule has 58 heavy (non-hydrogen) atoms. The van der Waals surface area contributed by atoms with E-state index in [0.29, 0.717) is 49.3 Å². The molecule has 4 fully saturated rings. The van der Waals surface area contributed by atoms with Gasteiger partial charge in [-0.3, -0.25) is 15.3 Å². The van der Waals surface area contributed by atoms with E-state index in [-0.39, 0.29) is 34.1 Å². The minimum absolute atomic E-state index is 0.0369. The Labute approximate surface area is 340 Å².